The maximum atomic E-state index is 13.8. The first-order valence-electron chi connectivity index (χ1n) is 10.3. The van der Waals surface area contributed by atoms with E-state index in [4.69, 9.17) is 4.98 Å². The minimum absolute atomic E-state index is 0.0157. The Morgan fingerprint density at radius 2 is 1.87 bits per heavy atom. The summed E-state index contributed by atoms with van der Waals surface area (Å²) in [6.07, 6.45) is 2.08. The highest BCUT2D eigenvalue weighted by Gasteiger charge is 2.25. The molecule has 1 fully saturated rings. The SMILES string of the molecule is CC(Cc1c(F)cccc1F)NC(=O)CN1CCC(c2nc3ccccc3s2)CC1. The number of carbonyl (C=O) groups excluding carboxylic acids is 1. The van der Waals surface area contributed by atoms with Crippen LogP contribution in [0.2, 0.25) is 0 Å². The van der Waals surface area contributed by atoms with Crippen LogP contribution in [0.1, 0.15) is 36.3 Å². The average Bonchev–Trinajstić information content (AvgIpc) is 3.15. The van der Waals surface area contributed by atoms with Gasteiger partial charge in [-0.3, -0.25) is 9.69 Å². The van der Waals surface area contributed by atoms with Crippen LogP contribution in [0, 0.1) is 11.6 Å². The van der Waals surface area contributed by atoms with Crippen LogP contribution < -0.4 is 5.32 Å². The summed E-state index contributed by atoms with van der Waals surface area (Å²) in [5.74, 6) is -0.830. The molecule has 7 heteroatoms. The van der Waals surface area contributed by atoms with Crippen molar-refractivity contribution >= 4 is 27.5 Å². The van der Waals surface area contributed by atoms with Crippen LogP contribution in [0.5, 0.6) is 0 Å². The minimum Gasteiger partial charge on any atom is -0.352 e. The summed E-state index contributed by atoms with van der Waals surface area (Å²) in [5.41, 5.74) is 1.07. The topological polar surface area (TPSA) is 45.2 Å². The van der Waals surface area contributed by atoms with Crippen LogP contribution in [0.25, 0.3) is 10.2 Å². The fourth-order valence-electron chi connectivity index (χ4n) is 4.01. The lowest BCUT2D eigenvalue weighted by molar-refractivity contribution is -0.123. The van der Waals surface area contributed by atoms with Gasteiger partial charge in [-0.25, -0.2) is 13.8 Å². The molecule has 158 valence electrons. The zero-order valence-electron chi connectivity index (χ0n) is 16.9. The quantitative estimate of drug-likeness (QED) is 0.628. The second-order valence-corrected chi connectivity index (χ2v) is 9.01. The number of fused-ring (bicyclic) bond motifs is 1. The lowest BCUT2D eigenvalue weighted by atomic mass is 9.97. The molecule has 4 nitrogen and oxygen atoms in total. The molecule has 1 aliphatic rings. The van der Waals surface area contributed by atoms with Gasteiger partial charge in [-0.1, -0.05) is 18.2 Å². The molecule has 0 bridgehead atoms. The van der Waals surface area contributed by atoms with Gasteiger partial charge in [-0.15, -0.1) is 11.3 Å². The third-order valence-corrected chi connectivity index (χ3v) is 6.79. The number of benzene rings is 2. The zero-order valence-corrected chi connectivity index (χ0v) is 17.7. The molecule has 4 rings (SSSR count). The van der Waals surface area contributed by atoms with E-state index in [-0.39, 0.29) is 23.9 Å². The van der Waals surface area contributed by atoms with Crippen LogP contribution >= 0.6 is 11.3 Å². The maximum absolute atomic E-state index is 13.8. The lowest BCUT2D eigenvalue weighted by Crippen LogP contribution is -2.44. The summed E-state index contributed by atoms with van der Waals surface area (Å²) in [4.78, 5) is 19.3. The van der Waals surface area contributed by atoms with Gasteiger partial charge in [-0.2, -0.15) is 0 Å². The molecule has 1 saturated heterocycles. The first-order valence-corrected chi connectivity index (χ1v) is 11.1. The molecule has 1 aromatic heterocycles. The van der Waals surface area contributed by atoms with Crippen LogP contribution in [0.3, 0.4) is 0 Å². The van der Waals surface area contributed by atoms with Crippen LogP contribution in [-0.4, -0.2) is 41.5 Å². The van der Waals surface area contributed by atoms with E-state index in [1.807, 2.05) is 18.2 Å². The Labute approximate surface area is 178 Å². The van der Waals surface area contributed by atoms with Crippen molar-refractivity contribution in [1.29, 1.82) is 0 Å². The van der Waals surface area contributed by atoms with Crippen molar-refractivity contribution in [3.05, 3.63) is 64.7 Å². The number of hydrogen-bond donors (Lipinski definition) is 1. The van der Waals surface area contributed by atoms with Crippen LogP contribution in [-0.2, 0) is 11.2 Å². The Morgan fingerprint density at radius 1 is 1.17 bits per heavy atom. The van der Waals surface area contributed by atoms with Gasteiger partial charge in [-0.05, 0) is 63.5 Å². The van der Waals surface area contributed by atoms with Crippen molar-refractivity contribution in [3.8, 4) is 0 Å². The fraction of sp³-hybridized carbons (Fsp3) is 0.391. The van der Waals surface area contributed by atoms with Crippen molar-refractivity contribution in [2.24, 2.45) is 0 Å². The van der Waals surface area contributed by atoms with Crippen LogP contribution in [0.4, 0.5) is 8.78 Å². The highest BCUT2D eigenvalue weighted by atomic mass is 32.1. The lowest BCUT2D eigenvalue weighted by Gasteiger charge is -2.30. The number of halogens is 2. The van der Waals surface area contributed by atoms with E-state index in [2.05, 4.69) is 16.3 Å². The molecule has 2 heterocycles. The fourth-order valence-corrected chi connectivity index (χ4v) is 5.15. The maximum Gasteiger partial charge on any atom is 0.234 e. The van der Waals surface area contributed by atoms with E-state index in [1.165, 1.54) is 27.9 Å². The van der Waals surface area contributed by atoms with Crippen molar-refractivity contribution < 1.29 is 13.6 Å². The molecular weight excluding hydrogens is 404 g/mol. The standard InChI is InChI=1S/C23H25F2N3OS/c1-15(13-17-18(24)5-4-6-19(17)25)26-22(29)14-28-11-9-16(10-12-28)23-27-20-7-2-3-8-21(20)30-23/h2-8,15-16H,9-14H2,1H3,(H,26,29). The van der Waals surface area contributed by atoms with E-state index >= 15 is 0 Å². The molecule has 0 aliphatic carbocycles. The summed E-state index contributed by atoms with van der Waals surface area (Å²) < 4.78 is 28.8. The van der Waals surface area contributed by atoms with Gasteiger partial charge in [0.2, 0.25) is 5.91 Å². The number of nitrogens with zero attached hydrogens (tertiary/aromatic N) is 2. The first-order chi connectivity index (χ1) is 14.5. The van der Waals surface area contributed by atoms with Crippen molar-refractivity contribution in [2.45, 2.75) is 38.1 Å². The van der Waals surface area contributed by atoms with Gasteiger partial charge in [0.25, 0.3) is 0 Å². The molecular formula is C23H25F2N3OS. The first kappa shape index (κ1) is 20.9. The van der Waals surface area contributed by atoms with E-state index < -0.39 is 11.6 Å². The summed E-state index contributed by atoms with van der Waals surface area (Å²) in [7, 11) is 0. The second kappa shape index (κ2) is 9.18. The molecule has 1 amide bonds. The average molecular weight is 430 g/mol. The summed E-state index contributed by atoms with van der Waals surface area (Å²) in [6, 6.07) is 11.7. The van der Waals surface area contributed by atoms with E-state index in [9.17, 15) is 13.6 Å². The molecule has 0 saturated carbocycles. The monoisotopic (exact) mass is 429 g/mol. The van der Waals surface area contributed by atoms with Gasteiger partial charge in [0.05, 0.1) is 21.8 Å². The minimum atomic E-state index is -0.576. The summed E-state index contributed by atoms with van der Waals surface area (Å²) >= 11 is 1.76. The van der Waals surface area contributed by atoms with Crippen LogP contribution in [0.15, 0.2) is 42.5 Å². The number of nitrogens with one attached hydrogen (secondary N) is 1. The zero-order chi connectivity index (χ0) is 21.1. The summed E-state index contributed by atoms with van der Waals surface area (Å²) in [6.45, 7) is 3.74. The van der Waals surface area contributed by atoms with E-state index in [0.717, 1.165) is 31.4 Å². The smallest absolute Gasteiger partial charge is 0.234 e. The van der Waals surface area contributed by atoms with Crippen molar-refractivity contribution in [3.63, 3.8) is 0 Å². The number of carbonyl (C=O) groups is 1. The molecule has 3 aromatic rings. The third kappa shape index (κ3) is 4.84. The van der Waals surface area contributed by atoms with E-state index in [0.29, 0.717) is 12.5 Å². The van der Waals surface area contributed by atoms with Crippen molar-refractivity contribution in [1.82, 2.24) is 15.2 Å². The molecule has 1 N–H and O–H groups in total. The highest BCUT2D eigenvalue weighted by molar-refractivity contribution is 7.18. The number of aromatic nitrogens is 1. The highest BCUT2D eigenvalue weighted by Crippen LogP contribution is 2.33. The summed E-state index contributed by atoms with van der Waals surface area (Å²) in [5, 5.41) is 4.05. The van der Waals surface area contributed by atoms with Gasteiger partial charge < -0.3 is 5.32 Å². The predicted molar refractivity (Wildman–Crippen MR) is 116 cm³/mol. The molecule has 2 aromatic carbocycles. The molecule has 0 spiro atoms. The number of rotatable bonds is 6. The molecule has 0 radical (unpaired) electrons. The third-order valence-electron chi connectivity index (χ3n) is 5.59. The molecule has 1 aliphatic heterocycles. The van der Waals surface area contributed by atoms with Gasteiger partial charge >= 0.3 is 0 Å². The Kier molecular flexibility index (Phi) is 6.39. The Hall–Kier alpha value is -2.38. The largest absolute Gasteiger partial charge is 0.352 e. The number of para-hydroxylation sites is 1. The predicted octanol–water partition coefficient (Wildman–Crippen LogP) is 4.50. The molecule has 30 heavy (non-hydrogen) atoms. The molecule has 1 unspecified atom stereocenters. The number of likely N-dealkylation sites (tertiary alicyclic amines) is 1. The van der Waals surface area contributed by atoms with E-state index in [1.54, 1.807) is 18.3 Å². The van der Waals surface area contributed by atoms with Crippen molar-refractivity contribution in [2.75, 3.05) is 19.6 Å². The van der Waals surface area contributed by atoms with Gasteiger partial charge in [0, 0.05) is 17.5 Å². The number of hydrogen-bond acceptors (Lipinski definition) is 4. The van der Waals surface area contributed by atoms with Gasteiger partial charge in [0.1, 0.15) is 11.6 Å². The number of amides is 1. The number of thiazole rings is 1. The second-order valence-electron chi connectivity index (χ2n) is 7.94. The Balaban J connectivity index is 1.26. The normalized spacial score (nSPS) is 16.6. The Morgan fingerprint density at radius 3 is 2.57 bits per heavy atom. The molecule has 1 atom stereocenters. The number of piperidine rings is 1. The van der Waals surface area contributed by atoms with Gasteiger partial charge in [0.15, 0.2) is 0 Å². The Bertz CT molecular complexity index is 977.